The molecule has 1 fully saturated rings. The summed E-state index contributed by atoms with van der Waals surface area (Å²) in [6, 6.07) is 6.77. The van der Waals surface area contributed by atoms with Gasteiger partial charge in [0.1, 0.15) is 5.82 Å². The van der Waals surface area contributed by atoms with E-state index in [9.17, 15) is 9.18 Å². The van der Waals surface area contributed by atoms with Gasteiger partial charge in [-0.15, -0.1) is 0 Å². The van der Waals surface area contributed by atoms with Crippen molar-refractivity contribution in [1.82, 2.24) is 0 Å². The number of rotatable bonds is 3. The summed E-state index contributed by atoms with van der Waals surface area (Å²) in [6.45, 7) is 0. The minimum absolute atomic E-state index is 0.185. The zero-order valence-electron chi connectivity index (χ0n) is 9.66. The van der Waals surface area contributed by atoms with Gasteiger partial charge in [-0.05, 0) is 66.8 Å². The van der Waals surface area contributed by atoms with Gasteiger partial charge in [0.15, 0.2) is 0 Å². The summed E-state index contributed by atoms with van der Waals surface area (Å²) in [5, 5.41) is -0.227. The van der Waals surface area contributed by atoms with Gasteiger partial charge in [0.05, 0.1) is 0 Å². The first-order valence-corrected chi connectivity index (χ1v) is 6.46. The molecule has 0 radical (unpaired) electrons. The van der Waals surface area contributed by atoms with Crippen LogP contribution in [0.2, 0.25) is 0 Å². The average Bonchev–Trinajstić information content (AvgIpc) is 2.30. The zero-order chi connectivity index (χ0) is 12.3. The Hall–Kier alpha value is -0.890. The van der Waals surface area contributed by atoms with Crippen LogP contribution in [0.5, 0.6) is 0 Å². The second-order valence-electron chi connectivity index (χ2n) is 4.83. The van der Waals surface area contributed by atoms with Gasteiger partial charge in [-0.25, -0.2) is 4.39 Å². The standard InChI is InChI=1S/C14H16ClFO/c15-14(17)9-10-1-3-11(4-2-10)12-5-7-13(16)8-6-12/h5-8,10-11H,1-4,9H2. The van der Waals surface area contributed by atoms with E-state index >= 15 is 0 Å². The van der Waals surface area contributed by atoms with Gasteiger partial charge < -0.3 is 0 Å². The second-order valence-corrected chi connectivity index (χ2v) is 5.25. The van der Waals surface area contributed by atoms with Crippen molar-refractivity contribution in [2.75, 3.05) is 0 Å². The molecule has 0 bridgehead atoms. The molecule has 3 heteroatoms. The monoisotopic (exact) mass is 254 g/mol. The van der Waals surface area contributed by atoms with E-state index in [4.69, 9.17) is 11.6 Å². The third-order valence-electron chi connectivity index (χ3n) is 3.64. The van der Waals surface area contributed by atoms with E-state index in [1.807, 2.05) is 12.1 Å². The molecule has 0 spiro atoms. The van der Waals surface area contributed by atoms with Crippen LogP contribution in [0.4, 0.5) is 4.39 Å². The van der Waals surface area contributed by atoms with Crippen LogP contribution < -0.4 is 0 Å². The molecule has 0 amide bonds. The van der Waals surface area contributed by atoms with Crippen molar-refractivity contribution >= 4 is 16.8 Å². The average molecular weight is 255 g/mol. The molecule has 17 heavy (non-hydrogen) atoms. The van der Waals surface area contributed by atoms with E-state index in [0.717, 1.165) is 25.7 Å². The Labute approximate surface area is 106 Å². The Morgan fingerprint density at radius 1 is 1.18 bits per heavy atom. The fourth-order valence-corrected chi connectivity index (χ4v) is 2.88. The van der Waals surface area contributed by atoms with E-state index in [1.54, 1.807) is 0 Å². The largest absolute Gasteiger partial charge is 0.281 e. The maximum Gasteiger partial charge on any atom is 0.221 e. The van der Waals surface area contributed by atoms with Crippen LogP contribution in [0.25, 0.3) is 0 Å². The molecule has 0 N–H and O–H groups in total. The van der Waals surface area contributed by atoms with Crippen LogP contribution in [0.1, 0.15) is 43.6 Å². The van der Waals surface area contributed by atoms with Gasteiger partial charge in [0, 0.05) is 6.42 Å². The first-order chi connectivity index (χ1) is 8.15. The lowest BCUT2D eigenvalue weighted by Gasteiger charge is -2.28. The molecule has 0 heterocycles. The minimum atomic E-state index is -0.227. The van der Waals surface area contributed by atoms with Gasteiger partial charge in [0.2, 0.25) is 5.24 Å². The summed E-state index contributed by atoms with van der Waals surface area (Å²) in [6.07, 6.45) is 4.72. The van der Waals surface area contributed by atoms with Gasteiger partial charge in [0.25, 0.3) is 0 Å². The van der Waals surface area contributed by atoms with Crippen molar-refractivity contribution in [3.63, 3.8) is 0 Å². The normalized spacial score (nSPS) is 24.6. The number of halogens is 2. The molecule has 1 saturated carbocycles. The summed E-state index contributed by atoms with van der Waals surface area (Å²) in [4.78, 5) is 10.8. The van der Waals surface area contributed by atoms with E-state index in [-0.39, 0.29) is 11.1 Å². The van der Waals surface area contributed by atoms with Crippen LogP contribution in [-0.2, 0) is 4.79 Å². The van der Waals surface area contributed by atoms with Gasteiger partial charge in [-0.3, -0.25) is 4.79 Å². The van der Waals surface area contributed by atoms with Crippen molar-refractivity contribution in [3.05, 3.63) is 35.6 Å². The molecular formula is C14H16ClFO. The maximum absolute atomic E-state index is 12.8. The highest BCUT2D eigenvalue weighted by Crippen LogP contribution is 2.37. The van der Waals surface area contributed by atoms with Crippen molar-refractivity contribution < 1.29 is 9.18 Å². The third-order valence-corrected chi connectivity index (χ3v) is 3.79. The Morgan fingerprint density at radius 2 is 1.76 bits per heavy atom. The lowest BCUT2D eigenvalue weighted by Crippen LogP contribution is -2.15. The highest BCUT2D eigenvalue weighted by atomic mass is 35.5. The number of benzene rings is 1. The highest BCUT2D eigenvalue weighted by molar-refractivity contribution is 6.63. The van der Waals surface area contributed by atoms with Crippen LogP contribution >= 0.6 is 11.6 Å². The van der Waals surface area contributed by atoms with E-state index in [2.05, 4.69) is 0 Å². The van der Waals surface area contributed by atoms with Crippen molar-refractivity contribution in [1.29, 1.82) is 0 Å². The van der Waals surface area contributed by atoms with Crippen molar-refractivity contribution in [2.45, 2.75) is 38.0 Å². The highest BCUT2D eigenvalue weighted by Gasteiger charge is 2.23. The fraction of sp³-hybridized carbons (Fsp3) is 0.500. The maximum atomic E-state index is 12.8. The quantitative estimate of drug-likeness (QED) is 0.737. The van der Waals surface area contributed by atoms with Crippen LogP contribution in [-0.4, -0.2) is 5.24 Å². The van der Waals surface area contributed by atoms with Crippen molar-refractivity contribution in [3.8, 4) is 0 Å². The Balaban J connectivity index is 1.90. The lowest BCUT2D eigenvalue weighted by molar-refractivity contribution is -0.112. The topological polar surface area (TPSA) is 17.1 Å². The summed E-state index contributed by atoms with van der Waals surface area (Å²) in [5.74, 6) is 0.768. The Bertz CT molecular complexity index is 380. The van der Waals surface area contributed by atoms with Gasteiger partial charge >= 0.3 is 0 Å². The minimum Gasteiger partial charge on any atom is -0.281 e. The molecule has 92 valence electrons. The third kappa shape index (κ3) is 3.53. The predicted molar refractivity (Wildman–Crippen MR) is 66.6 cm³/mol. The predicted octanol–water partition coefficient (Wildman–Crippen LogP) is 4.26. The molecule has 1 aliphatic carbocycles. The van der Waals surface area contributed by atoms with Crippen LogP contribution in [0, 0.1) is 11.7 Å². The summed E-state index contributed by atoms with van der Waals surface area (Å²) in [7, 11) is 0. The molecule has 0 atom stereocenters. The zero-order valence-corrected chi connectivity index (χ0v) is 10.4. The van der Waals surface area contributed by atoms with E-state index < -0.39 is 0 Å². The molecule has 1 aliphatic rings. The molecule has 0 unspecified atom stereocenters. The van der Waals surface area contributed by atoms with E-state index in [1.165, 1.54) is 17.7 Å². The Morgan fingerprint density at radius 3 is 2.29 bits per heavy atom. The lowest BCUT2D eigenvalue weighted by atomic mass is 9.78. The number of carbonyl (C=O) groups is 1. The number of hydrogen-bond acceptors (Lipinski definition) is 1. The summed E-state index contributed by atoms with van der Waals surface area (Å²) in [5.41, 5.74) is 1.21. The molecule has 0 aliphatic heterocycles. The van der Waals surface area contributed by atoms with Crippen LogP contribution in [0.3, 0.4) is 0 Å². The van der Waals surface area contributed by atoms with Gasteiger partial charge in [-0.2, -0.15) is 0 Å². The molecule has 2 rings (SSSR count). The Kier molecular flexibility index (Phi) is 4.16. The summed E-state index contributed by atoms with van der Waals surface area (Å²) < 4.78 is 12.8. The SMILES string of the molecule is O=C(Cl)CC1CCC(c2ccc(F)cc2)CC1. The molecule has 1 aromatic rings. The smallest absolute Gasteiger partial charge is 0.221 e. The summed E-state index contributed by atoms with van der Waals surface area (Å²) >= 11 is 5.40. The molecule has 1 aromatic carbocycles. The molecule has 0 saturated heterocycles. The van der Waals surface area contributed by atoms with Crippen molar-refractivity contribution in [2.24, 2.45) is 5.92 Å². The van der Waals surface area contributed by atoms with Crippen LogP contribution in [0.15, 0.2) is 24.3 Å². The number of carbonyl (C=O) groups excluding carboxylic acids is 1. The second kappa shape index (κ2) is 5.63. The molecule has 1 nitrogen and oxygen atoms in total. The number of hydrogen-bond donors (Lipinski definition) is 0. The molecule has 0 aromatic heterocycles. The fourth-order valence-electron chi connectivity index (χ4n) is 2.66. The van der Waals surface area contributed by atoms with Gasteiger partial charge in [-0.1, -0.05) is 12.1 Å². The molecular weight excluding hydrogens is 239 g/mol. The first kappa shape index (κ1) is 12.6. The van der Waals surface area contributed by atoms with E-state index in [0.29, 0.717) is 18.3 Å². The first-order valence-electron chi connectivity index (χ1n) is 6.09.